The van der Waals surface area contributed by atoms with Gasteiger partial charge in [0.15, 0.2) is 0 Å². The summed E-state index contributed by atoms with van der Waals surface area (Å²) in [6, 6.07) is 16.6. The van der Waals surface area contributed by atoms with E-state index in [1.165, 1.54) is 17.7 Å². The lowest BCUT2D eigenvalue weighted by Gasteiger charge is -2.16. The zero-order valence-corrected chi connectivity index (χ0v) is 14.2. The van der Waals surface area contributed by atoms with Gasteiger partial charge in [-0.05, 0) is 29.7 Å². The lowest BCUT2D eigenvalue weighted by Crippen LogP contribution is -2.38. The van der Waals surface area contributed by atoms with E-state index >= 15 is 0 Å². The third-order valence-corrected chi connectivity index (χ3v) is 4.68. The van der Waals surface area contributed by atoms with Gasteiger partial charge in [0.25, 0.3) is 0 Å². The molecule has 1 aliphatic heterocycles. The zero-order chi connectivity index (χ0) is 17.6. The van der Waals surface area contributed by atoms with Crippen molar-refractivity contribution in [2.24, 2.45) is 5.73 Å². The molecule has 2 aromatic rings. The summed E-state index contributed by atoms with van der Waals surface area (Å²) in [5, 5.41) is 2.93. The Morgan fingerprint density at radius 1 is 1.12 bits per heavy atom. The minimum Gasteiger partial charge on any atom is -0.355 e. The van der Waals surface area contributed by atoms with Crippen molar-refractivity contribution >= 4 is 5.91 Å². The first-order chi connectivity index (χ1) is 12.1. The highest BCUT2D eigenvalue weighted by molar-refractivity contribution is 5.78. The smallest absolute Gasteiger partial charge is 0.234 e. The van der Waals surface area contributed by atoms with Gasteiger partial charge in [-0.15, -0.1) is 0 Å². The van der Waals surface area contributed by atoms with Crippen LogP contribution in [0.15, 0.2) is 54.6 Å². The molecule has 132 valence electrons. The molecule has 0 saturated carbocycles. The molecule has 0 aromatic heterocycles. The first-order valence-corrected chi connectivity index (χ1v) is 8.66. The van der Waals surface area contributed by atoms with Crippen LogP contribution in [0, 0.1) is 5.82 Å². The Morgan fingerprint density at radius 3 is 2.56 bits per heavy atom. The van der Waals surface area contributed by atoms with Gasteiger partial charge in [-0.3, -0.25) is 9.69 Å². The highest BCUT2D eigenvalue weighted by Gasteiger charge is 2.31. The molecular formula is C20H24FN3O. The molecule has 0 radical (unpaired) electrons. The van der Waals surface area contributed by atoms with Crippen LogP contribution in [-0.2, 0) is 11.2 Å². The molecule has 25 heavy (non-hydrogen) atoms. The number of halogens is 1. The van der Waals surface area contributed by atoms with E-state index in [2.05, 4.69) is 22.3 Å². The monoisotopic (exact) mass is 341 g/mol. The van der Waals surface area contributed by atoms with Gasteiger partial charge in [-0.2, -0.15) is 0 Å². The molecular weight excluding hydrogens is 317 g/mol. The Labute approximate surface area is 147 Å². The number of amides is 1. The number of nitrogens with two attached hydrogens (primary N) is 1. The largest absolute Gasteiger partial charge is 0.355 e. The number of hydrogen-bond acceptors (Lipinski definition) is 3. The standard InChI is InChI=1S/C20H24FN3O/c21-17-8-6-15(7-9-17)10-11-23-20(25)14-24-12-18(19(22)13-24)16-4-2-1-3-5-16/h1-9,18-19H,10-14,22H2,(H,23,25)/t18-,19+/m0/s1. The Balaban J connectivity index is 1.43. The summed E-state index contributed by atoms with van der Waals surface area (Å²) in [5.41, 5.74) is 8.50. The van der Waals surface area contributed by atoms with Crippen LogP contribution in [0.3, 0.4) is 0 Å². The fraction of sp³-hybridized carbons (Fsp3) is 0.350. The second-order valence-electron chi connectivity index (χ2n) is 6.60. The number of hydrogen-bond donors (Lipinski definition) is 2. The quantitative estimate of drug-likeness (QED) is 0.844. The summed E-state index contributed by atoms with van der Waals surface area (Å²) in [6.45, 7) is 2.44. The predicted octanol–water partition coefficient (Wildman–Crippen LogP) is 1.91. The summed E-state index contributed by atoms with van der Waals surface area (Å²) in [5.74, 6) is 0.0300. The normalized spacial score (nSPS) is 20.6. The van der Waals surface area contributed by atoms with Gasteiger partial charge in [0, 0.05) is 31.6 Å². The molecule has 4 nitrogen and oxygen atoms in total. The van der Waals surface area contributed by atoms with Gasteiger partial charge < -0.3 is 11.1 Å². The lowest BCUT2D eigenvalue weighted by atomic mass is 9.95. The van der Waals surface area contributed by atoms with Gasteiger partial charge in [-0.1, -0.05) is 42.5 Å². The van der Waals surface area contributed by atoms with Gasteiger partial charge in [0.05, 0.1) is 6.54 Å². The fourth-order valence-electron chi connectivity index (χ4n) is 3.35. The Kier molecular flexibility index (Phi) is 5.79. The molecule has 1 saturated heterocycles. The van der Waals surface area contributed by atoms with Gasteiger partial charge in [-0.25, -0.2) is 4.39 Å². The second kappa shape index (κ2) is 8.23. The van der Waals surface area contributed by atoms with Crippen molar-refractivity contribution < 1.29 is 9.18 Å². The SMILES string of the molecule is N[C@@H]1CN(CC(=O)NCCc2ccc(F)cc2)C[C@H]1c1ccccc1. The zero-order valence-electron chi connectivity index (χ0n) is 14.2. The number of nitrogens with one attached hydrogen (secondary N) is 1. The highest BCUT2D eigenvalue weighted by atomic mass is 19.1. The minimum atomic E-state index is -0.244. The molecule has 0 bridgehead atoms. The van der Waals surface area contributed by atoms with Crippen molar-refractivity contribution in [3.8, 4) is 0 Å². The summed E-state index contributed by atoms with van der Waals surface area (Å²) >= 11 is 0. The molecule has 0 unspecified atom stereocenters. The molecule has 2 atom stereocenters. The predicted molar refractivity (Wildman–Crippen MR) is 96.7 cm³/mol. The number of rotatable bonds is 6. The van der Waals surface area contributed by atoms with Crippen LogP contribution in [0.25, 0.3) is 0 Å². The molecule has 1 aliphatic rings. The van der Waals surface area contributed by atoms with Gasteiger partial charge in [0.1, 0.15) is 5.82 Å². The van der Waals surface area contributed by atoms with Crippen LogP contribution in [0.5, 0.6) is 0 Å². The first kappa shape index (κ1) is 17.6. The fourth-order valence-corrected chi connectivity index (χ4v) is 3.35. The van der Waals surface area contributed by atoms with Gasteiger partial charge in [0.2, 0.25) is 5.91 Å². The van der Waals surface area contributed by atoms with Crippen molar-refractivity contribution in [1.82, 2.24) is 10.2 Å². The molecule has 0 spiro atoms. The van der Waals surface area contributed by atoms with E-state index < -0.39 is 0 Å². The number of likely N-dealkylation sites (tertiary alicyclic amines) is 1. The summed E-state index contributed by atoms with van der Waals surface area (Å²) in [6.07, 6.45) is 0.693. The van der Waals surface area contributed by atoms with Crippen molar-refractivity contribution in [2.45, 2.75) is 18.4 Å². The first-order valence-electron chi connectivity index (χ1n) is 8.66. The van der Waals surface area contributed by atoms with Crippen molar-refractivity contribution in [1.29, 1.82) is 0 Å². The van der Waals surface area contributed by atoms with Crippen LogP contribution in [0.1, 0.15) is 17.0 Å². The molecule has 1 amide bonds. The van der Waals surface area contributed by atoms with Gasteiger partial charge >= 0.3 is 0 Å². The second-order valence-corrected chi connectivity index (χ2v) is 6.60. The lowest BCUT2D eigenvalue weighted by molar-refractivity contribution is -0.122. The summed E-state index contributed by atoms with van der Waals surface area (Å²) < 4.78 is 12.9. The molecule has 1 heterocycles. The number of carbonyl (C=O) groups is 1. The molecule has 3 N–H and O–H groups in total. The highest BCUT2D eigenvalue weighted by Crippen LogP contribution is 2.25. The summed E-state index contributed by atoms with van der Waals surface area (Å²) in [7, 11) is 0. The minimum absolute atomic E-state index is 0.00280. The Hall–Kier alpha value is -2.24. The maximum atomic E-state index is 12.9. The molecule has 2 aromatic carbocycles. The average molecular weight is 341 g/mol. The van der Waals surface area contributed by atoms with Crippen LogP contribution in [0.4, 0.5) is 4.39 Å². The van der Waals surface area contributed by atoms with Crippen LogP contribution >= 0.6 is 0 Å². The molecule has 0 aliphatic carbocycles. The van der Waals surface area contributed by atoms with E-state index in [4.69, 9.17) is 5.73 Å². The van der Waals surface area contributed by atoms with E-state index in [1.54, 1.807) is 12.1 Å². The maximum absolute atomic E-state index is 12.9. The van der Waals surface area contributed by atoms with Crippen molar-refractivity contribution in [3.63, 3.8) is 0 Å². The van der Waals surface area contributed by atoms with E-state index in [-0.39, 0.29) is 23.7 Å². The van der Waals surface area contributed by atoms with E-state index in [9.17, 15) is 9.18 Å². The number of nitrogens with zero attached hydrogens (tertiary/aromatic N) is 1. The van der Waals surface area contributed by atoms with E-state index in [1.807, 2.05) is 18.2 Å². The third kappa shape index (κ3) is 4.87. The van der Waals surface area contributed by atoms with Crippen LogP contribution in [-0.4, -0.2) is 43.0 Å². The number of carbonyl (C=O) groups excluding carboxylic acids is 1. The van der Waals surface area contributed by atoms with Crippen LogP contribution in [0.2, 0.25) is 0 Å². The Morgan fingerprint density at radius 2 is 1.84 bits per heavy atom. The van der Waals surface area contributed by atoms with E-state index in [0.29, 0.717) is 19.5 Å². The third-order valence-electron chi connectivity index (χ3n) is 4.68. The molecule has 1 fully saturated rings. The Bertz CT molecular complexity index is 690. The molecule has 3 rings (SSSR count). The average Bonchev–Trinajstić information content (AvgIpc) is 2.97. The topological polar surface area (TPSA) is 58.4 Å². The van der Waals surface area contributed by atoms with Crippen LogP contribution < -0.4 is 11.1 Å². The number of benzene rings is 2. The van der Waals surface area contributed by atoms with Crippen molar-refractivity contribution in [3.05, 3.63) is 71.5 Å². The van der Waals surface area contributed by atoms with E-state index in [0.717, 1.165) is 18.7 Å². The maximum Gasteiger partial charge on any atom is 0.234 e. The summed E-state index contributed by atoms with van der Waals surface area (Å²) in [4.78, 5) is 14.2. The molecule has 5 heteroatoms. The van der Waals surface area contributed by atoms with Crippen molar-refractivity contribution in [2.75, 3.05) is 26.2 Å².